The van der Waals surface area contributed by atoms with Crippen molar-refractivity contribution in [3.8, 4) is 0 Å². The van der Waals surface area contributed by atoms with Crippen LogP contribution in [0.3, 0.4) is 0 Å². The fourth-order valence-electron chi connectivity index (χ4n) is 2.55. The Morgan fingerprint density at radius 2 is 1.85 bits per heavy atom. The molecule has 150 valence electrons. The Morgan fingerprint density at radius 3 is 2.48 bits per heavy atom. The zero-order valence-corrected chi connectivity index (χ0v) is 14.7. The summed E-state index contributed by atoms with van der Waals surface area (Å²) >= 11 is 0. The van der Waals surface area contributed by atoms with E-state index in [9.17, 15) is 24.9 Å². The largest absolute Gasteiger partial charge is 0.445 e. The van der Waals surface area contributed by atoms with Gasteiger partial charge < -0.3 is 40.5 Å². The third-order valence-electron chi connectivity index (χ3n) is 4.15. The first kappa shape index (κ1) is 21.1. The summed E-state index contributed by atoms with van der Waals surface area (Å²) in [7, 11) is 0. The molecule has 0 aromatic heterocycles. The number of aliphatic hydroxyl groups is 4. The summed E-state index contributed by atoms with van der Waals surface area (Å²) in [5.41, 5.74) is 0.780. The van der Waals surface area contributed by atoms with Gasteiger partial charge in [0.05, 0.1) is 6.61 Å². The molecule has 1 aliphatic heterocycles. The summed E-state index contributed by atoms with van der Waals surface area (Å²) in [6.45, 7) is 0.805. The molecule has 0 aliphatic carbocycles. The van der Waals surface area contributed by atoms with Crippen LogP contribution in [-0.4, -0.2) is 75.7 Å². The van der Waals surface area contributed by atoms with E-state index in [0.29, 0.717) is 0 Å². The summed E-state index contributed by atoms with van der Waals surface area (Å²) in [6, 6.07) is 6.60. The number of nitrogens with one attached hydrogen (secondary N) is 2. The van der Waals surface area contributed by atoms with E-state index < -0.39 is 55.3 Å². The first-order chi connectivity index (χ1) is 12.8. The van der Waals surface area contributed by atoms with Gasteiger partial charge in [-0.15, -0.1) is 0 Å². The van der Waals surface area contributed by atoms with Crippen molar-refractivity contribution < 1.29 is 39.5 Å². The fraction of sp³-hybridized carbons (Fsp3) is 0.529. The van der Waals surface area contributed by atoms with Crippen LogP contribution in [0.25, 0.3) is 0 Å². The number of amides is 2. The number of hydrogen-bond donors (Lipinski definition) is 6. The summed E-state index contributed by atoms with van der Waals surface area (Å²) < 4.78 is 9.95. The Bertz CT molecular complexity index is 629. The SMILES string of the molecule is C[C@H](NC(=O)OCc1ccccc1)C(=O)N[C@@H]1[C@@H](O)[C@H](O)[C@@H](CO)O[C@H]1O. The molecule has 1 aromatic rings. The van der Waals surface area contributed by atoms with Crippen LogP contribution in [0, 0.1) is 0 Å². The number of carbonyl (C=O) groups is 2. The van der Waals surface area contributed by atoms with Crippen molar-refractivity contribution in [2.45, 2.75) is 50.2 Å². The third kappa shape index (κ3) is 5.62. The molecule has 1 heterocycles. The quantitative estimate of drug-likeness (QED) is 0.336. The van der Waals surface area contributed by atoms with Crippen molar-refractivity contribution in [3.63, 3.8) is 0 Å². The maximum Gasteiger partial charge on any atom is 0.408 e. The maximum absolute atomic E-state index is 12.2. The summed E-state index contributed by atoms with van der Waals surface area (Å²) in [5.74, 6) is -0.729. The van der Waals surface area contributed by atoms with Crippen LogP contribution < -0.4 is 10.6 Å². The Morgan fingerprint density at radius 1 is 1.19 bits per heavy atom. The van der Waals surface area contributed by atoms with Gasteiger partial charge in [-0.05, 0) is 12.5 Å². The van der Waals surface area contributed by atoms with Gasteiger partial charge in [-0.25, -0.2) is 4.79 Å². The van der Waals surface area contributed by atoms with Gasteiger partial charge in [0.1, 0.15) is 37.0 Å². The highest BCUT2D eigenvalue weighted by Gasteiger charge is 2.44. The van der Waals surface area contributed by atoms with Crippen molar-refractivity contribution in [1.29, 1.82) is 0 Å². The number of carbonyl (C=O) groups excluding carboxylic acids is 2. The average Bonchev–Trinajstić information content (AvgIpc) is 2.66. The van der Waals surface area contributed by atoms with Crippen molar-refractivity contribution in [2.75, 3.05) is 6.61 Å². The first-order valence-corrected chi connectivity index (χ1v) is 8.41. The lowest BCUT2D eigenvalue weighted by molar-refractivity contribution is -0.253. The van der Waals surface area contributed by atoms with E-state index in [0.717, 1.165) is 5.56 Å². The molecule has 0 spiro atoms. The molecule has 6 atom stereocenters. The number of hydrogen-bond acceptors (Lipinski definition) is 8. The molecule has 0 bridgehead atoms. The van der Waals surface area contributed by atoms with Gasteiger partial charge in [0, 0.05) is 0 Å². The lowest BCUT2D eigenvalue weighted by atomic mass is 9.97. The van der Waals surface area contributed by atoms with Crippen LogP contribution in [0.15, 0.2) is 30.3 Å². The number of alkyl carbamates (subject to hydrolysis) is 1. The minimum absolute atomic E-state index is 0.0314. The van der Waals surface area contributed by atoms with Crippen molar-refractivity contribution in [1.82, 2.24) is 10.6 Å². The minimum Gasteiger partial charge on any atom is -0.445 e. The molecule has 1 aromatic carbocycles. The van der Waals surface area contributed by atoms with E-state index in [2.05, 4.69) is 10.6 Å². The van der Waals surface area contributed by atoms with E-state index in [-0.39, 0.29) is 6.61 Å². The predicted molar refractivity (Wildman–Crippen MR) is 91.1 cm³/mol. The van der Waals surface area contributed by atoms with E-state index in [1.54, 1.807) is 24.3 Å². The van der Waals surface area contributed by atoms with Gasteiger partial charge in [-0.2, -0.15) is 0 Å². The average molecular weight is 384 g/mol. The summed E-state index contributed by atoms with van der Waals surface area (Å²) in [5, 5.41) is 43.3. The van der Waals surface area contributed by atoms with E-state index >= 15 is 0 Å². The minimum atomic E-state index is -1.64. The van der Waals surface area contributed by atoms with Crippen LogP contribution in [0.1, 0.15) is 12.5 Å². The van der Waals surface area contributed by atoms with Crippen LogP contribution in [0.5, 0.6) is 0 Å². The second kappa shape index (κ2) is 9.62. The Labute approximate surface area is 155 Å². The van der Waals surface area contributed by atoms with Crippen LogP contribution in [-0.2, 0) is 20.9 Å². The van der Waals surface area contributed by atoms with Gasteiger partial charge >= 0.3 is 6.09 Å². The van der Waals surface area contributed by atoms with E-state index in [4.69, 9.17) is 14.6 Å². The monoisotopic (exact) mass is 384 g/mol. The number of ether oxygens (including phenoxy) is 2. The zero-order chi connectivity index (χ0) is 20.0. The Kier molecular flexibility index (Phi) is 7.51. The van der Waals surface area contributed by atoms with Crippen LogP contribution in [0.2, 0.25) is 0 Å². The molecule has 27 heavy (non-hydrogen) atoms. The topological polar surface area (TPSA) is 158 Å². The fourth-order valence-corrected chi connectivity index (χ4v) is 2.55. The highest BCUT2D eigenvalue weighted by atomic mass is 16.6. The lowest BCUT2D eigenvalue weighted by Crippen LogP contribution is -2.65. The zero-order valence-electron chi connectivity index (χ0n) is 14.7. The molecule has 2 rings (SSSR count). The third-order valence-corrected chi connectivity index (χ3v) is 4.15. The lowest BCUT2D eigenvalue weighted by Gasteiger charge is -2.40. The molecule has 1 fully saturated rings. The Hall–Kier alpha value is -2.24. The highest BCUT2D eigenvalue weighted by Crippen LogP contribution is 2.19. The second-order valence-electron chi connectivity index (χ2n) is 6.19. The number of aliphatic hydroxyl groups excluding tert-OH is 4. The molecular weight excluding hydrogens is 360 g/mol. The molecule has 0 radical (unpaired) electrons. The van der Waals surface area contributed by atoms with E-state index in [1.165, 1.54) is 6.92 Å². The maximum atomic E-state index is 12.2. The molecule has 6 N–H and O–H groups in total. The van der Waals surface area contributed by atoms with Crippen LogP contribution in [0.4, 0.5) is 4.79 Å². The summed E-state index contributed by atoms with van der Waals surface area (Å²) in [6.07, 6.45) is -6.69. The Balaban J connectivity index is 1.83. The van der Waals surface area contributed by atoms with Gasteiger partial charge in [-0.3, -0.25) is 4.79 Å². The number of rotatable bonds is 6. The predicted octanol–water partition coefficient (Wildman–Crippen LogP) is -1.78. The number of benzene rings is 1. The molecule has 10 heteroatoms. The van der Waals surface area contributed by atoms with Gasteiger partial charge in [-0.1, -0.05) is 30.3 Å². The van der Waals surface area contributed by atoms with E-state index in [1.807, 2.05) is 6.07 Å². The normalized spacial score (nSPS) is 28.9. The molecule has 2 amide bonds. The van der Waals surface area contributed by atoms with Gasteiger partial charge in [0.15, 0.2) is 6.29 Å². The molecule has 0 unspecified atom stereocenters. The molecule has 0 saturated carbocycles. The smallest absolute Gasteiger partial charge is 0.408 e. The van der Waals surface area contributed by atoms with Crippen molar-refractivity contribution in [3.05, 3.63) is 35.9 Å². The van der Waals surface area contributed by atoms with Crippen molar-refractivity contribution in [2.24, 2.45) is 0 Å². The standard InChI is InChI=1S/C17H24N2O8/c1-9(18-17(25)26-8-10-5-3-2-4-6-10)15(23)19-12-14(22)13(21)11(7-20)27-16(12)24/h2-6,9,11-14,16,20-22,24H,7-8H2,1H3,(H,18,25)(H,19,23)/t9-,11+,12+,13+,14+,16+/m0/s1. The van der Waals surface area contributed by atoms with Crippen LogP contribution >= 0.6 is 0 Å². The molecule has 10 nitrogen and oxygen atoms in total. The van der Waals surface area contributed by atoms with Crippen molar-refractivity contribution >= 4 is 12.0 Å². The first-order valence-electron chi connectivity index (χ1n) is 8.41. The highest BCUT2D eigenvalue weighted by molar-refractivity contribution is 5.85. The molecular formula is C17H24N2O8. The summed E-state index contributed by atoms with van der Waals surface area (Å²) in [4.78, 5) is 24.0. The molecule has 1 saturated heterocycles. The molecule has 1 aliphatic rings. The van der Waals surface area contributed by atoms with Gasteiger partial charge in [0.25, 0.3) is 0 Å². The second-order valence-corrected chi connectivity index (χ2v) is 6.19. The van der Waals surface area contributed by atoms with Gasteiger partial charge in [0.2, 0.25) is 5.91 Å².